The van der Waals surface area contributed by atoms with Gasteiger partial charge in [-0.05, 0) is 12.8 Å². The molecule has 6 unspecified atom stereocenters. The van der Waals surface area contributed by atoms with Gasteiger partial charge in [-0.3, -0.25) is 9.59 Å². The normalized spacial score (nSPS) is 18.7. The van der Waals surface area contributed by atoms with E-state index in [0.29, 0.717) is 6.42 Å². The van der Waals surface area contributed by atoms with Crippen LogP contribution in [0.2, 0.25) is 0 Å². The molecule has 10 nitrogen and oxygen atoms in total. The lowest BCUT2D eigenvalue weighted by Gasteiger charge is -2.39. The molecule has 69 heavy (non-hydrogen) atoms. The predicted molar refractivity (Wildman–Crippen MR) is 284 cm³/mol. The van der Waals surface area contributed by atoms with Gasteiger partial charge in [-0.1, -0.05) is 284 Å². The maximum atomic E-state index is 12.9. The van der Waals surface area contributed by atoms with Crippen LogP contribution in [0.5, 0.6) is 0 Å². The predicted octanol–water partition coefficient (Wildman–Crippen LogP) is 15.2. The second kappa shape index (κ2) is 50.2. The maximum absolute atomic E-state index is 12.9. The van der Waals surface area contributed by atoms with Gasteiger partial charge in [0.1, 0.15) is 31.0 Å². The molecule has 0 aromatic rings. The Kier molecular flexibility index (Phi) is 47.8. The van der Waals surface area contributed by atoms with Gasteiger partial charge in [0.05, 0.1) is 13.2 Å². The molecule has 0 radical (unpaired) electrons. The molecular weight excluding hydrogens is 869 g/mol. The number of esters is 2. The van der Waals surface area contributed by atoms with E-state index < -0.39 is 49.4 Å². The summed E-state index contributed by atoms with van der Waals surface area (Å²) in [5.74, 6) is -0.780. The summed E-state index contributed by atoms with van der Waals surface area (Å²) in [4.78, 5) is 25.6. The Morgan fingerprint density at radius 1 is 0.391 bits per heavy atom. The summed E-state index contributed by atoms with van der Waals surface area (Å²) < 4.78 is 22.4. The highest BCUT2D eigenvalue weighted by Crippen LogP contribution is 2.23. The fourth-order valence-electron chi connectivity index (χ4n) is 9.78. The number of rotatable bonds is 53. The van der Waals surface area contributed by atoms with E-state index in [9.17, 15) is 30.0 Å². The first-order valence-corrected chi connectivity index (χ1v) is 30.1. The minimum absolute atomic E-state index is 0.208. The molecule has 0 amide bonds. The zero-order valence-corrected chi connectivity index (χ0v) is 45.4. The largest absolute Gasteiger partial charge is 0.462 e. The molecule has 6 atom stereocenters. The van der Waals surface area contributed by atoms with Crippen molar-refractivity contribution in [1.29, 1.82) is 0 Å². The summed E-state index contributed by atoms with van der Waals surface area (Å²) in [6, 6.07) is 0. The van der Waals surface area contributed by atoms with Crippen molar-refractivity contribution in [2.75, 3.05) is 19.8 Å². The monoisotopic (exact) mass is 983 g/mol. The van der Waals surface area contributed by atoms with Crippen molar-refractivity contribution in [3.63, 3.8) is 0 Å². The Labute approximate surface area is 425 Å². The smallest absolute Gasteiger partial charge is 0.306 e. The summed E-state index contributed by atoms with van der Waals surface area (Å²) >= 11 is 0. The Bertz CT molecular complexity index is 1090. The van der Waals surface area contributed by atoms with Crippen LogP contribution in [-0.2, 0) is 28.5 Å². The van der Waals surface area contributed by atoms with Gasteiger partial charge in [-0.25, -0.2) is 0 Å². The second-order valence-corrected chi connectivity index (χ2v) is 21.2. The SMILES string of the molecule is CCCCCCCCCCCCCCCCCCCCCCCCCC(=O)OC(COC(=O)CCCCCCCCCCCCCCCCCCCCCCC)COC1OC(CO)C(O)C(O)C1O. The molecule has 1 aliphatic rings. The van der Waals surface area contributed by atoms with E-state index in [2.05, 4.69) is 13.8 Å². The van der Waals surface area contributed by atoms with Crippen LogP contribution < -0.4 is 0 Å². The quantitative estimate of drug-likeness (QED) is 0.0342. The Hall–Kier alpha value is -1.30. The van der Waals surface area contributed by atoms with Crippen molar-refractivity contribution < 1.29 is 49.0 Å². The molecule has 1 rings (SSSR count). The molecule has 0 saturated carbocycles. The molecule has 1 fully saturated rings. The fraction of sp³-hybridized carbons (Fsp3) is 0.966. The van der Waals surface area contributed by atoms with Gasteiger partial charge in [-0.2, -0.15) is 0 Å². The number of aliphatic hydroxyl groups excluding tert-OH is 4. The second-order valence-electron chi connectivity index (χ2n) is 21.2. The summed E-state index contributed by atoms with van der Waals surface area (Å²) in [5.41, 5.74) is 0. The molecule has 0 bridgehead atoms. The average Bonchev–Trinajstić information content (AvgIpc) is 3.35. The summed E-state index contributed by atoms with van der Waals surface area (Å²) in [7, 11) is 0. The first kappa shape index (κ1) is 65.7. The van der Waals surface area contributed by atoms with E-state index in [1.165, 1.54) is 244 Å². The van der Waals surface area contributed by atoms with Crippen LogP contribution in [0.3, 0.4) is 0 Å². The van der Waals surface area contributed by atoms with E-state index in [1.807, 2.05) is 0 Å². The number of carbonyl (C=O) groups is 2. The van der Waals surface area contributed by atoms with E-state index in [4.69, 9.17) is 18.9 Å². The lowest BCUT2D eigenvalue weighted by Crippen LogP contribution is -2.59. The van der Waals surface area contributed by atoms with Crippen molar-refractivity contribution in [1.82, 2.24) is 0 Å². The Morgan fingerprint density at radius 2 is 0.681 bits per heavy atom. The molecule has 0 aromatic carbocycles. The van der Waals surface area contributed by atoms with Crippen molar-refractivity contribution in [3.8, 4) is 0 Å². The molecule has 0 aliphatic carbocycles. The minimum atomic E-state index is -1.59. The molecular formula is C59H114O10. The number of unbranched alkanes of at least 4 members (excludes halogenated alkanes) is 42. The van der Waals surface area contributed by atoms with Crippen molar-refractivity contribution >= 4 is 11.9 Å². The number of carbonyl (C=O) groups excluding carboxylic acids is 2. The highest BCUT2D eigenvalue weighted by molar-refractivity contribution is 5.70. The van der Waals surface area contributed by atoms with Gasteiger partial charge in [-0.15, -0.1) is 0 Å². The summed E-state index contributed by atoms with van der Waals surface area (Å²) in [6.07, 6.45) is 49.8. The van der Waals surface area contributed by atoms with Gasteiger partial charge >= 0.3 is 11.9 Å². The first-order chi connectivity index (χ1) is 33.8. The van der Waals surface area contributed by atoms with Gasteiger partial charge in [0, 0.05) is 12.8 Å². The van der Waals surface area contributed by atoms with Gasteiger partial charge < -0.3 is 39.4 Å². The lowest BCUT2D eigenvalue weighted by atomic mass is 9.99. The molecule has 1 heterocycles. The zero-order chi connectivity index (χ0) is 50.1. The number of aliphatic hydroxyl groups is 4. The number of hydrogen-bond donors (Lipinski definition) is 4. The van der Waals surface area contributed by atoms with Crippen LogP contribution >= 0.6 is 0 Å². The topological polar surface area (TPSA) is 152 Å². The molecule has 410 valence electrons. The van der Waals surface area contributed by atoms with Crippen molar-refractivity contribution in [2.24, 2.45) is 0 Å². The van der Waals surface area contributed by atoms with Crippen LogP contribution in [0, 0.1) is 0 Å². The van der Waals surface area contributed by atoms with E-state index in [0.717, 1.165) is 32.1 Å². The van der Waals surface area contributed by atoms with E-state index >= 15 is 0 Å². The summed E-state index contributed by atoms with van der Waals surface area (Å²) in [6.45, 7) is 3.51. The fourth-order valence-corrected chi connectivity index (χ4v) is 9.78. The standard InChI is InChI=1S/C59H114O10/c1-3-5-7-9-11-13-15-17-19-21-23-25-26-28-30-32-34-36-38-40-42-44-46-48-55(62)68-52(51-67-59-58(65)57(64)56(63)53(49-60)69-59)50-66-54(61)47-45-43-41-39-37-35-33-31-29-27-24-22-20-18-16-14-12-10-8-6-4-2/h52-53,56-60,63-65H,3-51H2,1-2H3. The molecule has 0 aromatic heterocycles. The number of ether oxygens (including phenoxy) is 4. The lowest BCUT2D eigenvalue weighted by molar-refractivity contribution is -0.305. The van der Waals surface area contributed by atoms with Crippen LogP contribution in [0.1, 0.15) is 309 Å². The third-order valence-corrected chi connectivity index (χ3v) is 14.5. The maximum Gasteiger partial charge on any atom is 0.306 e. The highest BCUT2D eigenvalue weighted by atomic mass is 16.7. The first-order valence-electron chi connectivity index (χ1n) is 30.1. The highest BCUT2D eigenvalue weighted by Gasteiger charge is 2.44. The molecule has 10 heteroatoms. The average molecular weight is 984 g/mol. The van der Waals surface area contributed by atoms with Crippen LogP contribution in [0.4, 0.5) is 0 Å². The van der Waals surface area contributed by atoms with E-state index in [1.54, 1.807) is 0 Å². The van der Waals surface area contributed by atoms with Crippen molar-refractivity contribution in [3.05, 3.63) is 0 Å². The Balaban J connectivity index is 2.16. The third-order valence-electron chi connectivity index (χ3n) is 14.5. The molecule has 1 saturated heterocycles. The zero-order valence-electron chi connectivity index (χ0n) is 45.4. The van der Waals surface area contributed by atoms with Gasteiger partial charge in [0.25, 0.3) is 0 Å². The Morgan fingerprint density at radius 3 is 0.986 bits per heavy atom. The molecule has 4 N–H and O–H groups in total. The van der Waals surface area contributed by atoms with Gasteiger partial charge in [0.2, 0.25) is 0 Å². The van der Waals surface area contributed by atoms with Crippen LogP contribution in [0.15, 0.2) is 0 Å². The number of hydrogen-bond acceptors (Lipinski definition) is 10. The van der Waals surface area contributed by atoms with Crippen LogP contribution in [0.25, 0.3) is 0 Å². The third kappa shape index (κ3) is 40.8. The molecule has 1 aliphatic heterocycles. The minimum Gasteiger partial charge on any atom is -0.462 e. The molecule has 0 spiro atoms. The van der Waals surface area contributed by atoms with E-state index in [-0.39, 0.29) is 32.0 Å². The van der Waals surface area contributed by atoms with Crippen molar-refractivity contribution in [2.45, 2.75) is 346 Å². The van der Waals surface area contributed by atoms with Crippen LogP contribution in [-0.4, -0.2) is 89.0 Å². The van der Waals surface area contributed by atoms with Gasteiger partial charge in [0.15, 0.2) is 12.4 Å². The summed E-state index contributed by atoms with van der Waals surface area (Å²) in [5, 5.41) is 40.3.